The van der Waals surface area contributed by atoms with Crippen LogP contribution in [0.1, 0.15) is 37.6 Å². The Morgan fingerprint density at radius 2 is 1.95 bits per heavy atom. The zero-order chi connectivity index (χ0) is 15.6. The average molecular weight is 288 g/mol. The first-order valence-corrected chi connectivity index (χ1v) is 6.95. The predicted octanol–water partition coefficient (Wildman–Crippen LogP) is 3.32. The molecule has 1 unspecified atom stereocenters. The molecular weight excluding hydrogens is 268 g/mol. The molecule has 0 aliphatic carbocycles. The molecular formula is C15H20N4O2. The van der Waals surface area contributed by atoms with Crippen LogP contribution in [-0.4, -0.2) is 14.7 Å². The third kappa shape index (κ3) is 3.04. The van der Waals surface area contributed by atoms with Crippen molar-refractivity contribution in [3.8, 4) is 0 Å². The van der Waals surface area contributed by atoms with Crippen molar-refractivity contribution < 1.29 is 4.92 Å². The maximum Gasteiger partial charge on any atom is 0.333 e. The molecule has 0 saturated carbocycles. The zero-order valence-corrected chi connectivity index (χ0v) is 12.5. The van der Waals surface area contributed by atoms with Crippen LogP contribution in [-0.2, 0) is 0 Å². The summed E-state index contributed by atoms with van der Waals surface area (Å²) in [6, 6.07) is 9.73. The molecule has 0 aliphatic heterocycles. The molecule has 1 aromatic carbocycles. The minimum absolute atomic E-state index is 0.0975. The third-order valence-corrected chi connectivity index (χ3v) is 3.45. The minimum atomic E-state index is -0.467. The number of nitrogens with two attached hydrogens (primary N) is 1. The Labute approximate surface area is 123 Å². The van der Waals surface area contributed by atoms with Gasteiger partial charge in [0.1, 0.15) is 5.69 Å². The lowest BCUT2D eigenvalue weighted by molar-refractivity contribution is -0.384. The molecule has 21 heavy (non-hydrogen) atoms. The van der Waals surface area contributed by atoms with Crippen LogP contribution in [0.2, 0.25) is 0 Å². The number of anilines is 1. The van der Waals surface area contributed by atoms with Crippen molar-refractivity contribution in [3.05, 3.63) is 51.7 Å². The van der Waals surface area contributed by atoms with E-state index in [1.165, 1.54) is 0 Å². The van der Waals surface area contributed by atoms with Gasteiger partial charge in [-0.1, -0.05) is 44.2 Å². The molecule has 6 nitrogen and oxygen atoms in total. The van der Waals surface area contributed by atoms with Crippen molar-refractivity contribution in [2.75, 3.05) is 5.73 Å². The summed E-state index contributed by atoms with van der Waals surface area (Å²) in [6.07, 6.45) is 0.812. The summed E-state index contributed by atoms with van der Waals surface area (Å²) >= 11 is 0. The van der Waals surface area contributed by atoms with Gasteiger partial charge in [0, 0.05) is 0 Å². The van der Waals surface area contributed by atoms with Gasteiger partial charge >= 0.3 is 5.69 Å². The van der Waals surface area contributed by atoms with Gasteiger partial charge in [-0.15, -0.1) is 0 Å². The van der Waals surface area contributed by atoms with Crippen molar-refractivity contribution in [1.29, 1.82) is 0 Å². The number of aromatic nitrogens is 2. The summed E-state index contributed by atoms with van der Waals surface area (Å²) in [7, 11) is 0. The fourth-order valence-corrected chi connectivity index (χ4v) is 2.52. The van der Waals surface area contributed by atoms with E-state index in [9.17, 15) is 10.1 Å². The fraction of sp³-hybridized carbons (Fsp3) is 0.400. The van der Waals surface area contributed by atoms with Gasteiger partial charge in [0.15, 0.2) is 0 Å². The number of hydrogen-bond donors (Lipinski definition) is 1. The van der Waals surface area contributed by atoms with Gasteiger partial charge in [-0.2, -0.15) is 5.10 Å². The molecule has 2 N–H and O–H groups in total. The lowest BCUT2D eigenvalue weighted by Gasteiger charge is -2.21. The maximum atomic E-state index is 11.1. The van der Waals surface area contributed by atoms with Crippen molar-refractivity contribution >= 4 is 11.5 Å². The highest BCUT2D eigenvalue weighted by Crippen LogP contribution is 2.33. The Morgan fingerprint density at radius 3 is 2.43 bits per heavy atom. The van der Waals surface area contributed by atoms with Crippen LogP contribution in [0.25, 0.3) is 0 Å². The van der Waals surface area contributed by atoms with Crippen molar-refractivity contribution in [3.63, 3.8) is 0 Å². The Hall–Kier alpha value is -2.37. The Morgan fingerprint density at radius 1 is 1.33 bits per heavy atom. The van der Waals surface area contributed by atoms with Gasteiger partial charge in [0.25, 0.3) is 0 Å². The van der Waals surface area contributed by atoms with Gasteiger partial charge in [0.2, 0.25) is 5.82 Å². The van der Waals surface area contributed by atoms with E-state index < -0.39 is 4.92 Å². The van der Waals surface area contributed by atoms with Gasteiger partial charge in [0.05, 0.1) is 11.0 Å². The molecule has 0 amide bonds. The molecule has 0 aliphatic rings. The van der Waals surface area contributed by atoms with E-state index in [0.717, 1.165) is 12.0 Å². The molecule has 0 bridgehead atoms. The number of nitro groups is 1. The van der Waals surface area contributed by atoms with E-state index >= 15 is 0 Å². The molecule has 112 valence electrons. The van der Waals surface area contributed by atoms with E-state index in [-0.39, 0.29) is 17.5 Å². The van der Waals surface area contributed by atoms with E-state index in [4.69, 9.17) is 5.73 Å². The van der Waals surface area contributed by atoms with Crippen LogP contribution in [0.4, 0.5) is 11.5 Å². The van der Waals surface area contributed by atoms with Gasteiger partial charge in [-0.3, -0.25) is 10.1 Å². The van der Waals surface area contributed by atoms with Crippen LogP contribution >= 0.6 is 0 Å². The normalized spacial score (nSPS) is 12.6. The Bertz CT molecular complexity index is 635. The summed E-state index contributed by atoms with van der Waals surface area (Å²) in [5, 5.41) is 15.4. The highest BCUT2D eigenvalue weighted by atomic mass is 16.6. The quantitative estimate of drug-likeness (QED) is 0.675. The Balaban J connectivity index is 2.52. The smallest absolute Gasteiger partial charge is 0.333 e. The fourth-order valence-electron chi connectivity index (χ4n) is 2.52. The Kier molecular flexibility index (Phi) is 4.26. The van der Waals surface area contributed by atoms with E-state index in [1.54, 1.807) is 11.6 Å². The standard InChI is InChI=1S/C15H20N4O2/c1-10(2)9-13(12-7-5-4-6-8-12)18-15(16)14(19(20)21)11(3)17-18/h4-8,10,13H,9,16H2,1-3H3. The van der Waals surface area contributed by atoms with Crippen LogP contribution in [0.15, 0.2) is 30.3 Å². The van der Waals surface area contributed by atoms with E-state index in [1.807, 2.05) is 30.3 Å². The lowest BCUT2D eigenvalue weighted by Crippen LogP contribution is -2.17. The molecule has 0 radical (unpaired) electrons. The molecule has 1 heterocycles. The first-order valence-electron chi connectivity index (χ1n) is 6.95. The lowest BCUT2D eigenvalue weighted by atomic mass is 9.97. The third-order valence-electron chi connectivity index (χ3n) is 3.45. The molecule has 0 saturated heterocycles. The number of nitrogen functional groups attached to an aromatic ring is 1. The number of rotatable bonds is 5. The van der Waals surface area contributed by atoms with Crippen LogP contribution in [0.3, 0.4) is 0 Å². The number of nitrogens with zero attached hydrogens (tertiary/aromatic N) is 3. The highest BCUT2D eigenvalue weighted by Gasteiger charge is 2.27. The van der Waals surface area contributed by atoms with Gasteiger partial charge in [-0.25, -0.2) is 4.68 Å². The first-order chi connectivity index (χ1) is 9.91. The number of benzene rings is 1. The maximum absolute atomic E-state index is 11.1. The minimum Gasteiger partial charge on any atom is -0.378 e. The van der Waals surface area contributed by atoms with Crippen LogP contribution in [0, 0.1) is 23.0 Å². The zero-order valence-electron chi connectivity index (χ0n) is 12.5. The molecule has 1 atom stereocenters. The SMILES string of the molecule is Cc1nn(C(CC(C)C)c2ccccc2)c(N)c1[N+](=O)[O-]. The molecule has 0 fully saturated rings. The highest BCUT2D eigenvalue weighted by molar-refractivity contribution is 5.56. The second-order valence-corrected chi connectivity index (χ2v) is 5.58. The number of hydrogen-bond acceptors (Lipinski definition) is 4. The summed E-state index contributed by atoms with van der Waals surface area (Å²) in [5.74, 6) is 0.533. The molecule has 1 aromatic heterocycles. The average Bonchev–Trinajstić information content (AvgIpc) is 2.72. The van der Waals surface area contributed by atoms with Crippen molar-refractivity contribution in [2.45, 2.75) is 33.2 Å². The molecule has 2 aromatic rings. The van der Waals surface area contributed by atoms with Crippen LogP contribution in [0.5, 0.6) is 0 Å². The van der Waals surface area contributed by atoms with Crippen molar-refractivity contribution in [1.82, 2.24) is 9.78 Å². The molecule has 6 heteroatoms. The van der Waals surface area contributed by atoms with Gasteiger partial charge < -0.3 is 5.73 Å². The second-order valence-electron chi connectivity index (χ2n) is 5.58. The predicted molar refractivity (Wildman–Crippen MR) is 82.1 cm³/mol. The van der Waals surface area contributed by atoms with E-state index in [0.29, 0.717) is 11.6 Å². The monoisotopic (exact) mass is 288 g/mol. The summed E-state index contributed by atoms with van der Waals surface area (Å²) in [5.41, 5.74) is 7.28. The van der Waals surface area contributed by atoms with E-state index in [2.05, 4.69) is 18.9 Å². The van der Waals surface area contributed by atoms with Gasteiger partial charge in [-0.05, 0) is 24.8 Å². The van der Waals surface area contributed by atoms with Crippen molar-refractivity contribution in [2.24, 2.45) is 5.92 Å². The molecule has 2 rings (SSSR count). The summed E-state index contributed by atoms with van der Waals surface area (Å²) in [6.45, 7) is 5.83. The summed E-state index contributed by atoms with van der Waals surface area (Å²) < 4.78 is 1.59. The molecule has 0 spiro atoms. The first kappa shape index (κ1) is 15.0. The topological polar surface area (TPSA) is 87.0 Å². The van der Waals surface area contributed by atoms with Crippen LogP contribution < -0.4 is 5.73 Å². The largest absolute Gasteiger partial charge is 0.378 e. The second kappa shape index (κ2) is 5.95. The summed E-state index contributed by atoms with van der Waals surface area (Å²) in [4.78, 5) is 10.6. The number of aryl methyl sites for hydroxylation is 1.